The van der Waals surface area contributed by atoms with Crippen LogP contribution in [0.3, 0.4) is 0 Å². The third-order valence-electron chi connectivity index (χ3n) is 3.89. The van der Waals surface area contributed by atoms with Gasteiger partial charge in [0.25, 0.3) is 0 Å². The molecule has 0 aliphatic heterocycles. The van der Waals surface area contributed by atoms with Crippen LogP contribution in [0, 0.1) is 11.8 Å². The van der Waals surface area contributed by atoms with E-state index in [9.17, 15) is 13.2 Å². The summed E-state index contributed by atoms with van der Waals surface area (Å²) in [6.45, 7) is 11.7. The highest BCUT2D eigenvalue weighted by molar-refractivity contribution is 5.73. The average Bonchev–Trinajstić information content (AvgIpc) is 2.64. The van der Waals surface area contributed by atoms with Gasteiger partial charge in [0.2, 0.25) is 0 Å². The summed E-state index contributed by atoms with van der Waals surface area (Å²) < 4.78 is 43.6. The summed E-state index contributed by atoms with van der Waals surface area (Å²) in [5.41, 5.74) is 1.75. The molecule has 0 radical (unpaired) electrons. The van der Waals surface area contributed by atoms with E-state index in [-0.39, 0.29) is 6.61 Å². The molecule has 27 heavy (non-hydrogen) atoms. The lowest BCUT2D eigenvalue weighted by Crippen LogP contribution is -2.23. The van der Waals surface area contributed by atoms with E-state index in [0.29, 0.717) is 5.56 Å². The molecule has 0 saturated heterocycles. The Morgan fingerprint density at radius 3 is 2.30 bits per heavy atom. The van der Waals surface area contributed by atoms with E-state index in [1.807, 2.05) is 24.3 Å². The fraction of sp³-hybridized carbons (Fsp3) is 0.217. The van der Waals surface area contributed by atoms with Crippen LogP contribution in [0.4, 0.5) is 13.2 Å². The second-order valence-corrected chi connectivity index (χ2v) is 6.52. The maximum atomic E-state index is 12.6. The van der Waals surface area contributed by atoms with Gasteiger partial charge in [-0.1, -0.05) is 55.3 Å². The lowest BCUT2D eigenvalue weighted by molar-refractivity contribution is -0.137. The molecule has 0 spiro atoms. The summed E-state index contributed by atoms with van der Waals surface area (Å²) in [6, 6.07) is 12.5. The van der Waals surface area contributed by atoms with Gasteiger partial charge < -0.3 is 4.74 Å². The van der Waals surface area contributed by atoms with Crippen LogP contribution in [0.1, 0.15) is 36.1 Å². The van der Waals surface area contributed by atoms with Crippen LogP contribution in [-0.4, -0.2) is 12.2 Å². The molecule has 0 aromatic heterocycles. The number of halogens is 3. The fourth-order valence-corrected chi connectivity index (χ4v) is 2.34. The van der Waals surface area contributed by atoms with Crippen molar-refractivity contribution in [1.82, 2.24) is 0 Å². The van der Waals surface area contributed by atoms with Crippen molar-refractivity contribution in [3.8, 4) is 11.8 Å². The third-order valence-corrected chi connectivity index (χ3v) is 3.89. The molecule has 0 amide bonds. The second kappa shape index (κ2) is 8.28. The molecule has 0 unspecified atom stereocenters. The van der Waals surface area contributed by atoms with Crippen LogP contribution in [0.25, 0.3) is 11.6 Å². The molecule has 0 bridgehead atoms. The smallest absolute Gasteiger partial charge is 0.358 e. The molecule has 0 saturated carbocycles. The molecule has 0 aliphatic rings. The first-order valence-corrected chi connectivity index (χ1v) is 8.36. The molecule has 0 fully saturated rings. The Labute approximate surface area is 158 Å². The molecule has 0 heterocycles. The molecule has 2 aromatic carbocycles. The predicted molar refractivity (Wildman–Crippen MR) is 104 cm³/mol. The summed E-state index contributed by atoms with van der Waals surface area (Å²) in [7, 11) is 0. The first-order chi connectivity index (χ1) is 12.6. The maximum absolute atomic E-state index is 12.6. The molecule has 0 atom stereocenters. The predicted octanol–water partition coefficient (Wildman–Crippen LogP) is 6.21. The van der Waals surface area contributed by atoms with Gasteiger partial charge in [0, 0.05) is 5.56 Å². The van der Waals surface area contributed by atoms with Gasteiger partial charge in [0.05, 0.1) is 12.2 Å². The van der Waals surface area contributed by atoms with Crippen LogP contribution in [-0.2, 0) is 10.9 Å². The van der Waals surface area contributed by atoms with Crippen molar-refractivity contribution in [2.24, 2.45) is 0 Å². The minimum Gasteiger partial charge on any atom is -0.358 e. The Bertz CT molecular complexity index is 878. The summed E-state index contributed by atoms with van der Waals surface area (Å²) in [6.07, 6.45) is -2.59. The number of ether oxygens (including phenoxy) is 1. The number of benzene rings is 2. The summed E-state index contributed by atoms with van der Waals surface area (Å²) >= 11 is 0. The highest BCUT2D eigenvalue weighted by Crippen LogP contribution is 2.29. The molecule has 0 aliphatic carbocycles. The monoisotopic (exact) mass is 370 g/mol. The third kappa shape index (κ3) is 5.87. The van der Waals surface area contributed by atoms with Gasteiger partial charge in [0.1, 0.15) is 5.60 Å². The summed E-state index contributed by atoms with van der Waals surface area (Å²) in [5, 5.41) is 0. The van der Waals surface area contributed by atoms with Gasteiger partial charge >= 0.3 is 6.18 Å². The van der Waals surface area contributed by atoms with Gasteiger partial charge in [-0.15, -0.1) is 0 Å². The zero-order chi connectivity index (χ0) is 20.1. The van der Waals surface area contributed by atoms with Crippen molar-refractivity contribution in [3.05, 3.63) is 83.9 Å². The van der Waals surface area contributed by atoms with E-state index in [1.165, 1.54) is 12.1 Å². The van der Waals surface area contributed by atoms with Gasteiger partial charge in [-0.3, -0.25) is 0 Å². The van der Waals surface area contributed by atoms with E-state index < -0.39 is 17.3 Å². The first-order valence-electron chi connectivity index (χ1n) is 8.36. The van der Waals surface area contributed by atoms with E-state index in [4.69, 9.17) is 4.74 Å². The van der Waals surface area contributed by atoms with Crippen LogP contribution in [0.2, 0.25) is 0 Å². The largest absolute Gasteiger partial charge is 0.416 e. The molecular weight excluding hydrogens is 349 g/mol. The van der Waals surface area contributed by atoms with E-state index in [1.54, 1.807) is 19.9 Å². The minimum absolute atomic E-state index is 0.277. The molecule has 140 valence electrons. The first kappa shape index (κ1) is 20.5. The Morgan fingerprint density at radius 2 is 1.70 bits per heavy atom. The van der Waals surface area contributed by atoms with Crippen molar-refractivity contribution >= 4 is 11.6 Å². The Morgan fingerprint density at radius 1 is 1.07 bits per heavy atom. The number of alkyl halides is 3. The van der Waals surface area contributed by atoms with Crippen LogP contribution < -0.4 is 0 Å². The van der Waals surface area contributed by atoms with Crippen molar-refractivity contribution in [3.63, 3.8) is 0 Å². The van der Waals surface area contributed by atoms with Crippen molar-refractivity contribution in [2.45, 2.75) is 25.6 Å². The van der Waals surface area contributed by atoms with Crippen molar-refractivity contribution in [1.29, 1.82) is 0 Å². The quantitative estimate of drug-likeness (QED) is 0.569. The topological polar surface area (TPSA) is 9.23 Å². The van der Waals surface area contributed by atoms with Gasteiger partial charge in [0.15, 0.2) is 0 Å². The zero-order valence-electron chi connectivity index (χ0n) is 15.4. The second-order valence-electron chi connectivity index (χ2n) is 6.52. The Hall–Kier alpha value is -2.77. The molecule has 2 aromatic rings. The summed E-state index contributed by atoms with van der Waals surface area (Å²) in [5.74, 6) is 5.82. The molecule has 0 N–H and O–H groups in total. The Kier molecular flexibility index (Phi) is 6.30. The SMILES string of the molecule is C=Cc1ccccc1C(=C)COC(C)(C)C#Cc1ccc(C(F)(F)F)cc1. The Balaban J connectivity index is 2.04. The van der Waals surface area contributed by atoms with Crippen LogP contribution in [0.15, 0.2) is 61.7 Å². The van der Waals surface area contributed by atoms with E-state index >= 15 is 0 Å². The van der Waals surface area contributed by atoms with Crippen LogP contribution in [0.5, 0.6) is 0 Å². The van der Waals surface area contributed by atoms with Gasteiger partial charge in [-0.25, -0.2) is 0 Å². The lowest BCUT2D eigenvalue weighted by atomic mass is 10.0. The highest BCUT2D eigenvalue weighted by atomic mass is 19.4. The number of hydrogen-bond donors (Lipinski definition) is 0. The number of rotatable bonds is 5. The highest BCUT2D eigenvalue weighted by Gasteiger charge is 2.29. The maximum Gasteiger partial charge on any atom is 0.416 e. The van der Waals surface area contributed by atoms with Gasteiger partial charge in [-0.2, -0.15) is 13.2 Å². The van der Waals surface area contributed by atoms with Gasteiger partial charge in [-0.05, 0) is 54.8 Å². The normalized spacial score (nSPS) is 11.4. The van der Waals surface area contributed by atoms with Crippen LogP contribution >= 0.6 is 0 Å². The minimum atomic E-state index is -4.35. The molecular formula is C23H21F3O. The van der Waals surface area contributed by atoms with E-state index in [2.05, 4.69) is 25.0 Å². The lowest BCUT2D eigenvalue weighted by Gasteiger charge is -2.20. The van der Waals surface area contributed by atoms with E-state index in [0.717, 1.165) is 28.8 Å². The number of hydrogen-bond acceptors (Lipinski definition) is 1. The standard InChI is InChI=1S/C23H21F3O/c1-5-19-8-6-7-9-21(19)17(2)16-27-22(3,4)15-14-18-10-12-20(13-11-18)23(24,25)26/h5-13H,1-2,16H2,3-4H3. The molecule has 2 rings (SSSR count). The van der Waals surface area contributed by atoms with Crippen molar-refractivity contribution < 1.29 is 17.9 Å². The average molecular weight is 370 g/mol. The molecule has 4 heteroatoms. The summed E-state index contributed by atoms with van der Waals surface area (Å²) in [4.78, 5) is 0. The van der Waals surface area contributed by atoms with Crippen molar-refractivity contribution in [2.75, 3.05) is 6.61 Å². The zero-order valence-corrected chi connectivity index (χ0v) is 15.4. The molecule has 1 nitrogen and oxygen atoms in total. The fourth-order valence-electron chi connectivity index (χ4n) is 2.34.